The zero-order valence-corrected chi connectivity index (χ0v) is 26.4. The van der Waals surface area contributed by atoms with Gasteiger partial charge in [0.25, 0.3) is 0 Å². The van der Waals surface area contributed by atoms with Gasteiger partial charge in [-0.3, -0.25) is 0 Å². The average molecular weight is 645 g/mol. The molecule has 0 spiro atoms. The molecule has 0 heterocycles. The first-order valence-electron chi connectivity index (χ1n) is 13.9. The second-order valence-corrected chi connectivity index (χ2v) is 9.37. The molecule has 0 unspecified atom stereocenters. The summed E-state index contributed by atoms with van der Waals surface area (Å²) in [7, 11) is 0. The number of ketones is 1. The summed E-state index contributed by atoms with van der Waals surface area (Å²) in [5.41, 5.74) is 0.800. The fraction of sp³-hybridized carbons (Fsp3) is 0.444. The molecule has 0 rings (SSSR count). The van der Waals surface area contributed by atoms with Crippen LogP contribution in [0.5, 0.6) is 0 Å². The fourth-order valence-corrected chi connectivity index (χ4v) is 2.70. The Labute approximate surface area is 292 Å². The molecule has 0 radical (unpaired) electrons. The standard InChI is InChI=1S/C18H35NO3.C18H2.H3NO4.16H2/c1-16(20)14-12-10-8-6-5-7-9-11-13-15-19-17(21)22-18(2,3)4;1-3-5-7-9-11-13-15-17-18-16-14-12-10-8-6-4-2;2-4-1-5-3;;;;;;;;;;;;;;;;/h5-15H2,1-4H3,(H,19,21);1-2H;1-3H;16*1H. The van der Waals surface area contributed by atoms with Crippen molar-refractivity contribution in [2.24, 2.45) is 0 Å². The second-order valence-electron chi connectivity index (χ2n) is 9.37. The van der Waals surface area contributed by atoms with Gasteiger partial charge >= 0.3 is 6.09 Å². The van der Waals surface area contributed by atoms with E-state index in [0.29, 0.717) is 12.3 Å². The highest BCUT2D eigenvalue weighted by molar-refractivity contribution is 5.75. The van der Waals surface area contributed by atoms with Crippen LogP contribution in [-0.4, -0.2) is 34.5 Å². The maximum absolute atomic E-state index is 11.4. The van der Waals surface area contributed by atoms with E-state index in [-0.39, 0.29) is 28.9 Å². The second kappa shape index (κ2) is 36.8. The van der Waals surface area contributed by atoms with E-state index in [9.17, 15) is 9.59 Å². The van der Waals surface area contributed by atoms with Crippen LogP contribution in [0, 0.1) is 108 Å². The molecule has 0 aliphatic carbocycles. The monoisotopic (exact) mass is 645 g/mol. The summed E-state index contributed by atoms with van der Waals surface area (Å²) in [6, 6.07) is 0. The van der Waals surface area contributed by atoms with Gasteiger partial charge in [0.1, 0.15) is 11.4 Å². The van der Waals surface area contributed by atoms with Crippen LogP contribution in [0.4, 0.5) is 4.79 Å². The largest absolute Gasteiger partial charge is 0.444 e. The third kappa shape index (κ3) is 51.9. The van der Waals surface area contributed by atoms with Crippen LogP contribution >= 0.6 is 0 Å². The summed E-state index contributed by atoms with van der Waals surface area (Å²) >= 11 is 0. The Morgan fingerprint density at radius 3 is 1.24 bits per heavy atom. The lowest BCUT2D eigenvalue weighted by Gasteiger charge is -2.19. The van der Waals surface area contributed by atoms with Crippen molar-refractivity contribution >= 4 is 11.9 Å². The Morgan fingerprint density at radius 1 is 0.622 bits per heavy atom. The number of carbonyl (C=O) groups excluding carboxylic acids is 2. The molecule has 268 valence electrons. The lowest BCUT2D eigenvalue weighted by Crippen LogP contribution is -2.32. The third-order valence-electron chi connectivity index (χ3n) is 4.41. The zero-order valence-electron chi connectivity index (χ0n) is 26.4. The molecule has 0 aliphatic rings. The minimum atomic E-state index is -0.422. The average Bonchev–Trinajstić information content (AvgIpc) is 2.98. The molecule has 45 heavy (non-hydrogen) atoms. The van der Waals surface area contributed by atoms with E-state index in [1.165, 1.54) is 44.2 Å². The Morgan fingerprint density at radius 2 is 0.956 bits per heavy atom. The van der Waals surface area contributed by atoms with Crippen LogP contribution < -0.4 is 11.0 Å². The van der Waals surface area contributed by atoms with Crippen molar-refractivity contribution in [1.29, 1.82) is 0 Å². The molecule has 9 nitrogen and oxygen atoms in total. The van der Waals surface area contributed by atoms with Gasteiger partial charge in [-0.1, -0.05) is 44.9 Å². The van der Waals surface area contributed by atoms with Gasteiger partial charge in [0, 0.05) is 35.8 Å². The van der Waals surface area contributed by atoms with Crippen molar-refractivity contribution in [1.82, 2.24) is 11.0 Å². The summed E-state index contributed by atoms with van der Waals surface area (Å²) in [6.45, 7) is 7.96. The number of terminal acetylenes is 2. The molecule has 1 amide bonds. The summed E-state index contributed by atoms with van der Waals surface area (Å²) in [5.74, 6) is 38.5. The summed E-state index contributed by atoms with van der Waals surface area (Å²) in [6.07, 6.45) is 20.9. The Balaban J connectivity index is -0.0000000248. The number of nitrogens with one attached hydrogen (secondary N) is 2. The first kappa shape index (κ1) is 44.2. The summed E-state index contributed by atoms with van der Waals surface area (Å²) < 4.78 is 5.17. The lowest BCUT2D eigenvalue weighted by atomic mass is 10.1. The SMILES string of the molecule is C#CC#CC#CC#CC#CC#CC#CC#CC#C.CC(=O)CCCCCCCCCCCNC(=O)OC(C)(C)C.OONOO.[HH].[HH].[HH].[HH].[HH].[HH].[HH].[HH].[HH].[HH].[HH].[HH].[HH].[HH].[HH].[HH]. The molecule has 0 aromatic rings. The van der Waals surface area contributed by atoms with E-state index in [0.717, 1.165) is 25.7 Å². The molecule has 0 saturated carbocycles. The number of ether oxygens (including phenoxy) is 1. The summed E-state index contributed by atoms with van der Waals surface area (Å²) in [4.78, 5) is 28.1. The molecule has 9 heteroatoms. The van der Waals surface area contributed by atoms with Crippen molar-refractivity contribution in [3.05, 3.63) is 0 Å². The molecule has 0 atom stereocenters. The van der Waals surface area contributed by atoms with E-state index in [4.69, 9.17) is 28.1 Å². The molecule has 0 aromatic carbocycles. The van der Waals surface area contributed by atoms with Crippen molar-refractivity contribution < 1.29 is 57.6 Å². The highest BCUT2D eigenvalue weighted by Crippen LogP contribution is 2.11. The predicted molar refractivity (Wildman–Crippen MR) is 208 cm³/mol. The van der Waals surface area contributed by atoms with Crippen molar-refractivity contribution in [2.45, 2.75) is 97.5 Å². The number of amides is 1. The highest BCUT2D eigenvalue weighted by Gasteiger charge is 2.15. The number of Topliss-reactive ketones (excluding diaryl/α,β-unsaturated/α-hetero) is 1. The summed E-state index contributed by atoms with van der Waals surface area (Å²) in [5, 5.41) is 17.1. The normalized spacial score (nSPS) is 7.91. The maximum atomic E-state index is 11.4. The highest BCUT2D eigenvalue weighted by atomic mass is 17.3. The van der Waals surface area contributed by atoms with Gasteiger partial charge in [-0.2, -0.15) is 0 Å². The zero-order chi connectivity index (χ0) is 34.3. The minimum Gasteiger partial charge on any atom is -0.444 e. The molecule has 0 fully saturated rings. The molecule has 0 aromatic heterocycles. The van der Waals surface area contributed by atoms with Crippen LogP contribution in [-0.2, 0) is 19.5 Å². The number of carbonyl (C=O) groups is 2. The number of alkyl carbamates (subject to hydrolysis) is 1. The smallest absolute Gasteiger partial charge is 0.407 e. The van der Waals surface area contributed by atoms with Gasteiger partial charge in [0.05, 0.1) is 0 Å². The quantitative estimate of drug-likeness (QED) is 0.0641. The Hall–Kier alpha value is -5.22. The molecular weight excluding hydrogens is 572 g/mol. The molecule has 0 aliphatic heterocycles. The minimum absolute atomic E-state index is 0. The van der Waals surface area contributed by atoms with E-state index < -0.39 is 5.60 Å². The molecule has 4 N–H and O–H groups in total. The first-order valence-corrected chi connectivity index (χ1v) is 13.9. The van der Waals surface area contributed by atoms with Crippen LogP contribution in [0.15, 0.2) is 0 Å². The van der Waals surface area contributed by atoms with Gasteiger partial charge in [-0.15, -0.1) is 22.8 Å². The van der Waals surface area contributed by atoms with Crippen LogP contribution in [0.25, 0.3) is 0 Å². The topological polar surface area (TPSA) is 126 Å². The van der Waals surface area contributed by atoms with E-state index >= 15 is 0 Å². The molecular formula is C36H72N2O7. The van der Waals surface area contributed by atoms with Gasteiger partial charge in [-0.25, -0.2) is 15.3 Å². The molecule has 0 bridgehead atoms. The van der Waals surface area contributed by atoms with Crippen molar-refractivity contribution in [2.75, 3.05) is 6.54 Å². The Bertz CT molecular complexity index is 1360. The van der Waals surface area contributed by atoms with Crippen molar-refractivity contribution in [3.8, 4) is 108 Å². The number of hydrogen-bond acceptors (Lipinski definition) is 8. The van der Waals surface area contributed by atoms with Crippen LogP contribution in [0.3, 0.4) is 0 Å². The fourth-order valence-electron chi connectivity index (χ4n) is 2.70. The van der Waals surface area contributed by atoms with Gasteiger partial charge < -0.3 is 14.8 Å². The maximum Gasteiger partial charge on any atom is 0.407 e. The molecule has 0 saturated heterocycles. The van der Waals surface area contributed by atoms with Gasteiger partial charge in [-0.05, 0) is 141 Å². The Kier molecular flexibility index (Phi) is 36.2. The van der Waals surface area contributed by atoms with Crippen molar-refractivity contribution in [3.63, 3.8) is 0 Å². The van der Waals surface area contributed by atoms with Crippen LogP contribution in [0.2, 0.25) is 0 Å². The van der Waals surface area contributed by atoms with E-state index in [1.807, 2.05) is 20.8 Å². The third-order valence-corrected chi connectivity index (χ3v) is 4.41. The predicted octanol–water partition coefficient (Wildman–Crippen LogP) is 8.60. The van der Waals surface area contributed by atoms with E-state index in [1.54, 1.807) is 6.92 Å². The van der Waals surface area contributed by atoms with E-state index in [2.05, 4.69) is 110 Å². The number of hydrogen-bond donors (Lipinski definition) is 4. The number of unbranched alkanes of at least 4 members (excludes halogenated alkanes) is 8. The number of rotatable bonds is 14. The lowest BCUT2D eigenvalue weighted by molar-refractivity contribution is -0.456. The first-order chi connectivity index (χ1) is 21.6. The van der Waals surface area contributed by atoms with Crippen LogP contribution in [0.1, 0.15) is 115 Å². The van der Waals surface area contributed by atoms with Gasteiger partial charge in [0.15, 0.2) is 0 Å². The van der Waals surface area contributed by atoms with Gasteiger partial charge in [0.2, 0.25) is 0 Å².